The SMILES string of the molecule is CN1CCN(c2ccc3cc(C(=O)Nc4sccc4N)cnc3c2)CC1. The minimum absolute atomic E-state index is 0.198. The molecule has 1 aromatic carbocycles. The van der Waals surface area contributed by atoms with E-state index in [1.54, 1.807) is 12.3 Å². The number of amides is 1. The molecule has 0 spiro atoms. The zero-order chi connectivity index (χ0) is 18.1. The molecule has 7 heteroatoms. The Bertz CT molecular complexity index is 946. The Labute approximate surface area is 156 Å². The average Bonchev–Trinajstić information content (AvgIpc) is 3.06. The molecule has 0 bridgehead atoms. The third-order valence-corrected chi connectivity index (χ3v) is 5.57. The van der Waals surface area contributed by atoms with E-state index in [1.165, 1.54) is 17.0 Å². The summed E-state index contributed by atoms with van der Waals surface area (Å²) in [4.78, 5) is 21.6. The predicted molar refractivity (Wildman–Crippen MR) is 108 cm³/mol. The van der Waals surface area contributed by atoms with Gasteiger partial charge in [0.15, 0.2) is 0 Å². The zero-order valence-electron chi connectivity index (χ0n) is 14.6. The molecule has 1 amide bonds. The zero-order valence-corrected chi connectivity index (χ0v) is 15.4. The van der Waals surface area contributed by atoms with Crippen molar-refractivity contribution < 1.29 is 4.79 Å². The fourth-order valence-corrected chi connectivity index (χ4v) is 3.80. The number of nitrogens with one attached hydrogen (secondary N) is 1. The number of nitrogens with two attached hydrogens (primary N) is 1. The highest BCUT2D eigenvalue weighted by Gasteiger charge is 2.15. The van der Waals surface area contributed by atoms with Gasteiger partial charge in [0.1, 0.15) is 5.00 Å². The monoisotopic (exact) mass is 367 g/mol. The molecule has 0 atom stereocenters. The number of thiophene rings is 1. The van der Waals surface area contributed by atoms with Gasteiger partial charge in [-0.15, -0.1) is 11.3 Å². The van der Waals surface area contributed by atoms with Crippen molar-refractivity contribution in [2.24, 2.45) is 0 Å². The Morgan fingerprint density at radius 2 is 2.00 bits per heavy atom. The summed E-state index contributed by atoms with van der Waals surface area (Å²) in [6.45, 7) is 4.17. The number of hydrogen-bond acceptors (Lipinski definition) is 6. The average molecular weight is 367 g/mol. The van der Waals surface area contributed by atoms with Crippen LogP contribution in [0.1, 0.15) is 10.4 Å². The van der Waals surface area contributed by atoms with Crippen molar-refractivity contribution in [2.45, 2.75) is 0 Å². The lowest BCUT2D eigenvalue weighted by molar-refractivity contribution is 0.102. The second-order valence-corrected chi connectivity index (χ2v) is 7.47. The molecule has 26 heavy (non-hydrogen) atoms. The second-order valence-electron chi connectivity index (χ2n) is 6.55. The first kappa shape index (κ1) is 16.8. The van der Waals surface area contributed by atoms with Crippen LogP contribution in [0.4, 0.5) is 16.4 Å². The molecule has 1 fully saturated rings. The highest BCUT2D eigenvalue weighted by molar-refractivity contribution is 7.15. The van der Waals surface area contributed by atoms with Gasteiger partial charge in [0.2, 0.25) is 0 Å². The van der Waals surface area contributed by atoms with Crippen molar-refractivity contribution in [3.63, 3.8) is 0 Å². The van der Waals surface area contributed by atoms with Gasteiger partial charge in [-0.05, 0) is 36.7 Å². The van der Waals surface area contributed by atoms with E-state index in [1.807, 2.05) is 17.5 Å². The predicted octanol–water partition coefficient (Wildman–Crippen LogP) is 2.88. The van der Waals surface area contributed by atoms with Gasteiger partial charge in [-0.25, -0.2) is 0 Å². The van der Waals surface area contributed by atoms with E-state index in [4.69, 9.17) is 5.73 Å². The number of piperazine rings is 1. The number of benzene rings is 1. The molecule has 1 saturated heterocycles. The summed E-state index contributed by atoms with van der Waals surface area (Å²) in [5.41, 5.74) is 9.01. The molecular formula is C19H21N5OS. The number of nitrogen functional groups attached to an aromatic ring is 1. The molecule has 0 radical (unpaired) electrons. The summed E-state index contributed by atoms with van der Waals surface area (Å²) in [5, 5.41) is 6.31. The molecule has 0 aliphatic carbocycles. The fraction of sp³-hybridized carbons (Fsp3) is 0.263. The Morgan fingerprint density at radius 1 is 1.19 bits per heavy atom. The number of carbonyl (C=O) groups is 1. The lowest BCUT2D eigenvalue weighted by Gasteiger charge is -2.34. The van der Waals surface area contributed by atoms with Gasteiger partial charge in [-0.3, -0.25) is 9.78 Å². The van der Waals surface area contributed by atoms with Crippen LogP contribution >= 0.6 is 11.3 Å². The van der Waals surface area contributed by atoms with Crippen LogP contribution in [0.15, 0.2) is 41.9 Å². The van der Waals surface area contributed by atoms with Gasteiger partial charge in [0.25, 0.3) is 5.91 Å². The summed E-state index contributed by atoms with van der Waals surface area (Å²) in [6.07, 6.45) is 1.62. The Balaban J connectivity index is 1.55. The highest BCUT2D eigenvalue weighted by Crippen LogP contribution is 2.26. The number of likely N-dealkylation sites (N-methyl/N-ethyl adjacent to an activating group) is 1. The summed E-state index contributed by atoms with van der Waals surface area (Å²) < 4.78 is 0. The van der Waals surface area contributed by atoms with Gasteiger partial charge >= 0.3 is 0 Å². The first-order valence-electron chi connectivity index (χ1n) is 8.58. The van der Waals surface area contributed by atoms with E-state index in [0.29, 0.717) is 16.3 Å². The summed E-state index contributed by atoms with van der Waals surface area (Å²) in [7, 11) is 2.15. The van der Waals surface area contributed by atoms with Crippen LogP contribution in [0.5, 0.6) is 0 Å². The van der Waals surface area contributed by atoms with Crippen LogP contribution < -0.4 is 16.0 Å². The van der Waals surface area contributed by atoms with Crippen LogP contribution in [0.2, 0.25) is 0 Å². The van der Waals surface area contributed by atoms with Crippen LogP contribution in [0.25, 0.3) is 10.9 Å². The normalized spacial score (nSPS) is 15.3. The molecule has 3 aromatic rings. The first-order chi connectivity index (χ1) is 12.6. The van der Waals surface area contributed by atoms with Crippen molar-refractivity contribution in [1.29, 1.82) is 0 Å². The maximum atomic E-state index is 12.4. The number of anilines is 3. The van der Waals surface area contributed by atoms with E-state index in [0.717, 1.165) is 37.1 Å². The van der Waals surface area contributed by atoms with Crippen LogP contribution in [0.3, 0.4) is 0 Å². The van der Waals surface area contributed by atoms with E-state index in [2.05, 4.69) is 39.3 Å². The molecule has 2 aromatic heterocycles. The molecule has 134 valence electrons. The molecular weight excluding hydrogens is 346 g/mol. The van der Waals surface area contributed by atoms with E-state index >= 15 is 0 Å². The van der Waals surface area contributed by atoms with Crippen LogP contribution in [0, 0.1) is 0 Å². The van der Waals surface area contributed by atoms with Crippen molar-refractivity contribution in [3.8, 4) is 0 Å². The minimum Gasteiger partial charge on any atom is -0.396 e. The number of nitrogens with zero attached hydrogens (tertiary/aromatic N) is 3. The van der Waals surface area contributed by atoms with E-state index in [-0.39, 0.29) is 5.91 Å². The Morgan fingerprint density at radius 3 is 2.73 bits per heavy atom. The molecule has 6 nitrogen and oxygen atoms in total. The minimum atomic E-state index is -0.198. The maximum absolute atomic E-state index is 12.4. The second kappa shape index (κ2) is 6.93. The number of pyridine rings is 1. The third kappa shape index (κ3) is 3.36. The summed E-state index contributed by atoms with van der Waals surface area (Å²) in [6, 6.07) is 9.88. The smallest absolute Gasteiger partial charge is 0.257 e. The number of fused-ring (bicyclic) bond motifs is 1. The molecule has 0 unspecified atom stereocenters. The molecule has 1 aliphatic rings. The van der Waals surface area contributed by atoms with Gasteiger partial charge in [0, 0.05) is 43.4 Å². The molecule has 1 aliphatic heterocycles. The van der Waals surface area contributed by atoms with Crippen LogP contribution in [-0.4, -0.2) is 49.0 Å². The van der Waals surface area contributed by atoms with Crippen molar-refractivity contribution in [2.75, 3.05) is 49.2 Å². The number of aromatic nitrogens is 1. The van der Waals surface area contributed by atoms with Gasteiger partial charge in [-0.1, -0.05) is 6.07 Å². The topological polar surface area (TPSA) is 74.5 Å². The van der Waals surface area contributed by atoms with Crippen molar-refractivity contribution in [1.82, 2.24) is 9.88 Å². The summed E-state index contributed by atoms with van der Waals surface area (Å²) in [5.74, 6) is -0.198. The van der Waals surface area contributed by atoms with Crippen molar-refractivity contribution >= 4 is 44.5 Å². The van der Waals surface area contributed by atoms with E-state index in [9.17, 15) is 4.79 Å². The highest BCUT2D eigenvalue weighted by atomic mass is 32.1. The quantitative estimate of drug-likeness (QED) is 0.745. The molecule has 3 heterocycles. The lowest BCUT2D eigenvalue weighted by Crippen LogP contribution is -2.44. The lowest BCUT2D eigenvalue weighted by atomic mass is 10.1. The molecule has 3 N–H and O–H groups in total. The number of hydrogen-bond donors (Lipinski definition) is 2. The number of rotatable bonds is 3. The summed E-state index contributed by atoms with van der Waals surface area (Å²) >= 11 is 1.41. The van der Waals surface area contributed by atoms with Crippen molar-refractivity contribution in [3.05, 3.63) is 47.5 Å². The fourth-order valence-electron chi connectivity index (χ4n) is 3.09. The Hall–Kier alpha value is -2.64. The number of carbonyl (C=O) groups excluding carboxylic acids is 1. The van der Waals surface area contributed by atoms with Gasteiger partial charge < -0.3 is 20.9 Å². The maximum Gasteiger partial charge on any atom is 0.257 e. The van der Waals surface area contributed by atoms with E-state index < -0.39 is 0 Å². The first-order valence-corrected chi connectivity index (χ1v) is 9.46. The van der Waals surface area contributed by atoms with Gasteiger partial charge in [-0.2, -0.15) is 0 Å². The Kier molecular flexibility index (Phi) is 4.48. The largest absolute Gasteiger partial charge is 0.396 e. The third-order valence-electron chi connectivity index (χ3n) is 4.72. The molecule has 4 rings (SSSR count). The standard InChI is InChI=1S/C19H21N5OS/c1-23-5-7-24(8-6-23)15-3-2-13-10-14(12-21-17(13)11-15)18(25)22-19-16(20)4-9-26-19/h2-4,9-12H,5-8,20H2,1H3,(H,22,25). The molecule has 0 saturated carbocycles. The van der Waals surface area contributed by atoms with Gasteiger partial charge in [0.05, 0.1) is 16.8 Å². The van der Waals surface area contributed by atoms with Crippen LogP contribution in [-0.2, 0) is 0 Å².